The minimum atomic E-state index is -0.866. The van der Waals surface area contributed by atoms with E-state index in [0.717, 1.165) is 23.2 Å². The maximum Gasteiger partial charge on any atom is 0.245 e. The molecule has 1 saturated carbocycles. The first-order valence-electron chi connectivity index (χ1n) is 9.67. The van der Waals surface area contributed by atoms with Gasteiger partial charge in [0.05, 0.1) is 0 Å². The molecule has 6 rings (SSSR count). The first-order chi connectivity index (χ1) is 13.7. The standard InChI is InChI=1S/C22H19NO5/c24-14-6-5-13(7-14)10-23-17-4-2-1-3-15(17)22(21(23)25)11-26-18-9-20-19(8-16(18)22)27-12-28-20/h1-4,8-9,13H,5-7,10-12H2/t13-,22?/m1/s1. The van der Waals surface area contributed by atoms with E-state index in [9.17, 15) is 9.59 Å². The lowest BCUT2D eigenvalue weighted by Gasteiger charge is -2.25. The van der Waals surface area contributed by atoms with E-state index in [0.29, 0.717) is 42.4 Å². The number of carbonyl (C=O) groups excluding carboxylic acids is 2. The third-order valence-corrected chi connectivity index (χ3v) is 6.43. The Morgan fingerprint density at radius 3 is 2.64 bits per heavy atom. The summed E-state index contributed by atoms with van der Waals surface area (Å²) < 4.78 is 17.0. The molecule has 1 fully saturated rings. The molecule has 6 heteroatoms. The predicted octanol–water partition coefficient (Wildman–Crippen LogP) is 2.81. The molecule has 3 aliphatic heterocycles. The van der Waals surface area contributed by atoms with Gasteiger partial charge in [0, 0.05) is 36.7 Å². The van der Waals surface area contributed by atoms with Gasteiger partial charge in [-0.05, 0) is 30.0 Å². The fraction of sp³-hybridized carbons (Fsp3) is 0.364. The zero-order chi connectivity index (χ0) is 18.9. The average molecular weight is 377 g/mol. The van der Waals surface area contributed by atoms with Crippen LogP contribution in [0.4, 0.5) is 5.69 Å². The number of ether oxygens (including phenoxy) is 3. The van der Waals surface area contributed by atoms with Gasteiger partial charge in [0.1, 0.15) is 23.6 Å². The van der Waals surface area contributed by atoms with Gasteiger partial charge >= 0.3 is 0 Å². The molecule has 4 aliphatic rings. The number of anilines is 1. The summed E-state index contributed by atoms with van der Waals surface area (Å²) in [6, 6.07) is 11.6. The molecular formula is C22H19NO5. The Labute approximate surface area is 162 Å². The van der Waals surface area contributed by atoms with Crippen LogP contribution in [0.2, 0.25) is 0 Å². The van der Waals surface area contributed by atoms with Gasteiger partial charge < -0.3 is 19.1 Å². The summed E-state index contributed by atoms with van der Waals surface area (Å²) in [6.45, 7) is 1.02. The maximum atomic E-state index is 13.8. The second-order valence-corrected chi connectivity index (χ2v) is 7.98. The smallest absolute Gasteiger partial charge is 0.245 e. The van der Waals surface area contributed by atoms with Crippen LogP contribution in [0, 0.1) is 5.92 Å². The van der Waals surface area contributed by atoms with Crippen LogP contribution in [0.5, 0.6) is 17.2 Å². The number of nitrogens with zero attached hydrogens (tertiary/aromatic N) is 1. The molecule has 2 aromatic rings. The predicted molar refractivity (Wildman–Crippen MR) is 100.0 cm³/mol. The van der Waals surface area contributed by atoms with Crippen molar-refractivity contribution in [3.8, 4) is 17.2 Å². The van der Waals surface area contributed by atoms with Crippen molar-refractivity contribution in [2.75, 3.05) is 24.8 Å². The van der Waals surface area contributed by atoms with Gasteiger partial charge in [0.2, 0.25) is 12.7 Å². The molecule has 2 atom stereocenters. The molecule has 0 N–H and O–H groups in total. The topological polar surface area (TPSA) is 65.1 Å². The number of para-hydroxylation sites is 1. The van der Waals surface area contributed by atoms with Crippen LogP contribution in [-0.4, -0.2) is 31.6 Å². The van der Waals surface area contributed by atoms with E-state index in [1.165, 1.54) is 0 Å². The Bertz CT molecular complexity index is 1030. The number of hydrogen-bond donors (Lipinski definition) is 0. The van der Waals surface area contributed by atoms with Crippen LogP contribution in [0.25, 0.3) is 0 Å². The summed E-state index contributed by atoms with van der Waals surface area (Å²) in [5.74, 6) is 2.50. The number of rotatable bonds is 2. The van der Waals surface area contributed by atoms with Crippen molar-refractivity contribution < 1.29 is 23.8 Å². The van der Waals surface area contributed by atoms with Crippen molar-refractivity contribution in [1.29, 1.82) is 0 Å². The zero-order valence-electron chi connectivity index (χ0n) is 15.3. The third kappa shape index (κ3) is 1.97. The number of amides is 1. The van der Waals surface area contributed by atoms with Crippen molar-refractivity contribution in [3.63, 3.8) is 0 Å². The monoisotopic (exact) mass is 377 g/mol. The molecule has 1 amide bonds. The minimum Gasteiger partial charge on any atom is -0.491 e. The van der Waals surface area contributed by atoms with Crippen LogP contribution >= 0.6 is 0 Å². The molecule has 0 saturated heterocycles. The second-order valence-electron chi connectivity index (χ2n) is 7.98. The average Bonchev–Trinajstić information content (AvgIpc) is 3.45. The van der Waals surface area contributed by atoms with E-state index in [1.807, 2.05) is 41.3 Å². The number of fused-ring (bicyclic) bond motifs is 5. The number of benzene rings is 2. The van der Waals surface area contributed by atoms with Gasteiger partial charge in [-0.15, -0.1) is 0 Å². The van der Waals surface area contributed by atoms with Crippen molar-refractivity contribution in [3.05, 3.63) is 47.5 Å². The summed E-state index contributed by atoms with van der Waals surface area (Å²) in [4.78, 5) is 27.4. The normalized spacial score (nSPS) is 26.7. The first-order valence-corrected chi connectivity index (χ1v) is 9.67. The molecule has 1 spiro atoms. The largest absolute Gasteiger partial charge is 0.491 e. The Hall–Kier alpha value is -3.02. The highest BCUT2D eigenvalue weighted by molar-refractivity contribution is 6.11. The zero-order valence-corrected chi connectivity index (χ0v) is 15.3. The molecule has 1 aliphatic carbocycles. The SMILES string of the molecule is O=C1CC[C@@H](CN2C(=O)C3(COc4cc5c(cc43)OCO5)c3ccccc32)C1. The molecular weight excluding hydrogens is 358 g/mol. The van der Waals surface area contributed by atoms with E-state index in [2.05, 4.69) is 0 Å². The van der Waals surface area contributed by atoms with Gasteiger partial charge in [-0.1, -0.05) is 18.2 Å². The molecule has 0 radical (unpaired) electrons. The van der Waals surface area contributed by atoms with Crippen LogP contribution in [0.3, 0.4) is 0 Å². The molecule has 28 heavy (non-hydrogen) atoms. The maximum absolute atomic E-state index is 13.8. The van der Waals surface area contributed by atoms with Crippen LogP contribution in [0.1, 0.15) is 30.4 Å². The molecule has 2 aromatic carbocycles. The van der Waals surface area contributed by atoms with E-state index >= 15 is 0 Å². The second kappa shape index (κ2) is 5.50. The van der Waals surface area contributed by atoms with E-state index < -0.39 is 5.41 Å². The molecule has 142 valence electrons. The number of hydrogen-bond acceptors (Lipinski definition) is 5. The van der Waals surface area contributed by atoms with Crippen molar-refractivity contribution in [1.82, 2.24) is 0 Å². The number of Topliss-reactive ketones (excluding diaryl/α,β-unsaturated/α-hetero) is 1. The summed E-state index contributed by atoms with van der Waals surface area (Å²) >= 11 is 0. The van der Waals surface area contributed by atoms with Crippen molar-refractivity contribution in [2.24, 2.45) is 5.92 Å². The highest BCUT2D eigenvalue weighted by Gasteiger charge is 2.57. The van der Waals surface area contributed by atoms with E-state index in [4.69, 9.17) is 14.2 Å². The number of carbonyl (C=O) groups is 2. The summed E-state index contributed by atoms with van der Waals surface area (Å²) in [5.41, 5.74) is 1.84. The third-order valence-electron chi connectivity index (χ3n) is 6.43. The molecule has 3 heterocycles. The van der Waals surface area contributed by atoms with Crippen molar-refractivity contribution in [2.45, 2.75) is 24.7 Å². The van der Waals surface area contributed by atoms with Gasteiger partial charge in [-0.2, -0.15) is 0 Å². The van der Waals surface area contributed by atoms with Gasteiger partial charge in [0.25, 0.3) is 0 Å². The van der Waals surface area contributed by atoms with Gasteiger partial charge in [-0.25, -0.2) is 0 Å². The van der Waals surface area contributed by atoms with Crippen molar-refractivity contribution >= 4 is 17.4 Å². The van der Waals surface area contributed by atoms with Gasteiger partial charge in [-0.3, -0.25) is 9.59 Å². The quantitative estimate of drug-likeness (QED) is 0.805. The molecule has 6 nitrogen and oxygen atoms in total. The fourth-order valence-corrected chi connectivity index (χ4v) is 5.05. The minimum absolute atomic E-state index is 0.0191. The fourth-order valence-electron chi connectivity index (χ4n) is 5.05. The highest BCUT2D eigenvalue weighted by atomic mass is 16.7. The highest BCUT2D eigenvalue weighted by Crippen LogP contribution is 2.55. The summed E-state index contributed by atoms with van der Waals surface area (Å²) in [6.07, 6.45) is 2.03. The summed E-state index contributed by atoms with van der Waals surface area (Å²) in [7, 11) is 0. The lowest BCUT2D eigenvalue weighted by atomic mass is 9.77. The Kier molecular flexibility index (Phi) is 3.14. The van der Waals surface area contributed by atoms with E-state index in [-0.39, 0.29) is 25.2 Å². The van der Waals surface area contributed by atoms with E-state index in [1.54, 1.807) is 0 Å². The molecule has 0 aromatic heterocycles. The lowest BCUT2D eigenvalue weighted by Crippen LogP contribution is -2.44. The molecule has 1 unspecified atom stereocenters. The van der Waals surface area contributed by atoms with Crippen LogP contribution in [0.15, 0.2) is 36.4 Å². The van der Waals surface area contributed by atoms with Crippen LogP contribution in [-0.2, 0) is 15.0 Å². The first kappa shape index (κ1) is 16.0. The Morgan fingerprint density at radius 1 is 1.00 bits per heavy atom. The lowest BCUT2D eigenvalue weighted by molar-refractivity contribution is -0.122. The summed E-state index contributed by atoms with van der Waals surface area (Å²) in [5, 5.41) is 0. The Morgan fingerprint density at radius 2 is 1.82 bits per heavy atom. The number of ketones is 1. The van der Waals surface area contributed by atoms with Gasteiger partial charge in [0.15, 0.2) is 11.5 Å². The molecule has 0 bridgehead atoms. The van der Waals surface area contributed by atoms with Crippen LogP contribution < -0.4 is 19.1 Å². The Balaban J connectivity index is 1.47.